The monoisotopic (exact) mass is 166 g/mol. The van der Waals surface area contributed by atoms with Crippen LogP contribution in [0.3, 0.4) is 0 Å². The van der Waals surface area contributed by atoms with E-state index in [0.717, 1.165) is 17.5 Å². The Labute approximate surface area is 71.6 Å². The van der Waals surface area contributed by atoms with E-state index in [1.807, 2.05) is 13.0 Å². The maximum atomic E-state index is 11.0. The average molecular weight is 166 g/mol. The lowest BCUT2D eigenvalue weighted by Gasteiger charge is -2.08. The number of hydrogen-bond acceptors (Lipinski definition) is 2. The smallest absolute Gasteiger partial charge is 0.250 e. The summed E-state index contributed by atoms with van der Waals surface area (Å²) in [5.41, 5.74) is 7.47. The van der Waals surface area contributed by atoms with Crippen molar-refractivity contribution in [3.63, 3.8) is 0 Å². The lowest BCUT2D eigenvalue weighted by atomic mass is 10.1. The van der Waals surface area contributed by atoms with Gasteiger partial charge in [-0.25, -0.2) is 0 Å². The fourth-order valence-electron chi connectivity index (χ4n) is 1.07. The first-order chi connectivity index (χ1) is 5.65. The maximum Gasteiger partial charge on any atom is 0.250 e. The highest BCUT2D eigenvalue weighted by molar-refractivity contribution is 5.19. The standard InChI is InChI=1S/C9H14N2O/c1-3-8(10)7-4-6(2)9(12)11-5-7/h4-5,8H,3,10H2,1-2H3,(H,11,12). The molecule has 0 amide bonds. The summed E-state index contributed by atoms with van der Waals surface area (Å²) in [6.07, 6.45) is 2.56. The number of aryl methyl sites for hydroxylation is 1. The summed E-state index contributed by atoms with van der Waals surface area (Å²) in [6.45, 7) is 3.80. The minimum atomic E-state index is -0.0398. The lowest BCUT2D eigenvalue weighted by Crippen LogP contribution is -2.14. The van der Waals surface area contributed by atoms with Crippen molar-refractivity contribution < 1.29 is 0 Å². The van der Waals surface area contributed by atoms with E-state index in [2.05, 4.69) is 4.98 Å². The fourth-order valence-corrected chi connectivity index (χ4v) is 1.07. The summed E-state index contributed by atoms with van der Waals surface area (Å²) < 4.78 is 0. The van der Waals surface area contributed by atoms with Crippen LogP contribution in [0.2, 0.25) is 0 Å². The SMILES string of the molecule is CCC(N)c1c[nH]c(=O)c(C)c1. The second-order valence-corrected chi connectivity index (χ2v) is 2.96. The molecule has 0 bridgehead atoms. The topological polar surface area (TPSA) is 58.9 Å². The van der Waals surface area contributed by atoms with Crippen molar-refractivity contribution in [3.8, 4) is 0 Å². The molecule has 0 fully saturated rings. The van der Waals surface area contributed by atoms with E-state index in [4.69, 9.17) is 5.73 Å². The second-order valence-electron chi connectivity index (χ2n) is 2.96. The molecule has 0 spiro atoms. The molecule has 0 aliphatic heterocycles. The molecule has 0 radical (unpaired) electrons. The van der Waals surface area contributed by atoms with Crippen molar-refractivity contribution in [3.05, 3.63) is 33.7 Å². The molecular formula is C9H14N2O. The lowest BCUT2D eigenvalue weighted by molar-refractivity contribution is 0.693. The van der Waals surface area contributed by atoms with Gasteiger partial charge < -0.3 is 10.7 Å². The molecule has 1 rings (SSSR count). The molecule has 1 heterocycles. The van der Waals surface area contributed by atoms with E-state index in [1.165, 1.54) is 0 Å². The van der Waals surface area contributed by atoms with Gasteiger partial charge in [-0.15, -0.1) is 0 Å². The van der Waals surface area contributed by atoms with Crippen LogP contribution in [0.4, 0.5) is 0 Å². The Morgan fingerprint density at radius 2 is 2.33 bits per heavy atom. The molecule has 66 valence electrons. The number of rotatable bonds is 2. The molecule has 0 aromatic carbocycles. The minimum Gasteiger partial charge on any atom is -0.329 e. The van der Waals surface area contributed by atoms with Crippen molar-refractivity contribution in [2.45, 2.75) is 26.3 Å². The Bertz CT molecular complexity index is 317. The Hall–Kier alpha value is -1.09. The summed E-state index contributed by atoms with van der Waals surface area (Å²) in [6, 6.07) is 1.87. The first kappa shape index (κ1) is 9.00. The van der Waals surface area contributed by atoms with E-state index >= 15 is 0 Å². The molecule has 1 aromatic heterocycles. The van der Waals surface area contributed by atoms with Crippen LogP contribution in [0, 0.1) is 6.92 Å². The van der Waals surface area contributed by atoms with Crippen LogP contribution in [0.1, 0.15) is 30.5 Å². The van der Waals surface area contributed by atoms with Gasteiger partial charge in [-0.2, -0.15) is 0 Å². The first-order valence-electron chi connectivity index (χ1n) is 4.10. The number of aromatic amines is 1. The van der Waals surface area contributed by atoms with Gasteiger partial charge in [0, 0.05) is 17.8 Å². The quantitative estimate of drug-likeness (QED) is 0.691. The van der Waals surface area contributed by atoms with Crippen LogP contribution in [-0.4, -0.2) is 4.98 Å². The summed E-state index contributed by atoms with van der Waals surface area (Å²) in [5, 5.41) is 0. The predicted molar refractivity (Wildman–Crippen MR) is 49.0 cm³/mol. The zero-order chi connectivity index (χ0) is 9.14. The highest BCUT2D eigenvalue weighted by Gasteiger charge is 2.03. The van der Waals surface area contributed by atoms with Crippen LogP contribution in [-0.2, 0) is 0 Å². The number of H-pyrrole nitrogens is 1. The van der Waals surface area contributed by atoms with Gasteiger partial charge in [-0.05, 0) is 25.0 Å². The Kier molecular flexibility index (Phi) is 2.65. The number of nitrogens with one attached hydrogen (secondary N) is 1. The summed E-state index contributed by atoms with van der Waals surface area (Å²) in [4.78, 5) is 13.6. The van der Waals surface area contributed by atoms with Gasteiger partial charge in [0.25, 0.3) is 5.56 Å². The van der Waals surface area contributed by atoms with Gasteiger partial charge in [0.15, 0.2) is 0 Å². The zero-order valence-corrected chi connectivity index (χ0v) is 7.42. The van der Waals surface area contributed by atoms with E-state index < -0.39 is 0 Å². The highest BCUT2D eigenvalue weighted by atomic mass is 16.1. The minimum absolute atomic E-state index is 0.0283. The molecule has 0 aliphatic carbocycles. The molecule has 3 heteroatoms. The fraction of sp³-hybridized carbons (Fsp3) is 0.444. The Morgan fingerprint density at radius 3 is 2.83 bits per heavy atom. The third-order valence-electron chi connectivity index (χ3n) is 1.98. The Balaban J connectivity index is 3.04. The molecule has 12 heavy (non-hydrogen) atoms. The van der Waals surface area contributed by atoms with Crippen LogP contribution in [0.15, 0.2) is 17.1 Å². The number of hydrogen-bond donors (Lipinski definition) is 2. The van der Waals surface area contributed by atoms with Crippen molar-refractivity contribution in [1.82, 2.24) is 4.98 Å². The average Bonchev–Trinajstić information content (AvgIpc) is 2.08. The molecule has 1 unspecified atom stereocenters. The normalized spacial score (nSPS) is 12.9. The Morgan fingerprint density at radius 1 is 1.67 bits per heavy atom. The van der Waals surface area contributed by atoms with Crippen LogP contribution in [0.5, 0.6) is 0 Å². The predicted octanol–water partition coefficient (Wildman–Crippen LogP) is 1.09. The van der Waals surface area contributed by atoms with E-state index in [1.54, 1.807) is 13.1 Å². The van der Waals surface area contributed by atoms with E-state index in [-0.39, 0.29) is 11.6 Å². The van der Waals surface area contributed by atoms with Crippen molar-refractivity contribution in [2.24, 2.45) is 5.73 Å². The molecular weight excluding hydrogens is 152 g/mol. The van der Waals surface area contributed by atoms with Gasteiger partial charge in [0.1, 0.15) is 0 Å². The van der Waals surface area contributed by atoms with Crippen molar-refractivity contribution in [1.29, 1.82) is 0 Å². The highest BCUT2D eigenvalue weighted by Crippen LogP contribution is 2.11. The summed E-state index contributed by atoms with van der Waals surface area (Å²) in [7, 11) is 0. The van der Waals surface area contributed by atoms with Crippen molar-refractivity contribution in [2.75, 3.05) is 0 Å². The zero-order valence-electron chi connectivity index (χ0n) is 7.42. The number of pyridine rings is 1. The number of nitrogens with two attached hydrogens (primary N) is 1. The van der Waals surface area contributed by atoms with Crippen LogP contribution >= 0.6 is 0 Å². The third kappa shape index (κ3) is 1.74. The van der Waals surface area contributed by atoms with Crippen molar-refractivity contribution >= 4 is 0 Å². The molecule has 1 atom stereocenters. The molecule has 0 aliphatic rings. The van der Waals surface area contributed by atoms with Gasteiger partial charge in [-0.1, -0.05) is 6.92 Å². The third-order valence-corrected chi connectivity index (χ3v) is 1.98. The second kappa shape index (κ2) is 3.54. The van der Waals surface area contributed by atoms with Gasteiger partial charge in [0.05, 0.1) is 0 Å². The largest absolute Gasteiger partial charge is 0.329 e. The molecule has 3 N–H and O–H groups in total. The van der Waals surface area contributed by atoms with Gasteiger partial charge in [0.2, 0.25) is 0 Å². The maximum absolute atomic E-state index is 11.0. The summed E-state index contributed by atoms with van der Waals surface area (Å²) in [5.74, 6) is 0. The van der Waals surface area contributed by atoms with Crippen LogP contribution in [0.25, 0.3) is 0 Å². The summed E-state index contributed by atoms with van der Waals surface area (Å²) >= 11 is 0. The van der Waals surface area contributed by atoms with E-state index in [9.17, 15) is 4.79 Å². The van der Waals surface area contributed by atoms with Gasteiger partial charge in [-0.3, -0.25) is 4.79 Å². The molecule has 3 nitrogen and oxygen atoms in total. The van der Waals surface area contributed by atoms with E-state index in [0.29, 0.717) is 0 Å². The molecule has 1 aromatic rings. The van der Waals surface area contributed by atoms with Crippen LogP contribution < -0.4 is 11.3 Å². The number of aromatic nitrogens is 1. The molecule has 0 saturated carbocycles. The molecule has 0 saturated heterocycles. The first-order valence-corrected chi connectivity index (χ1v) is 4.10. The van der Waals surface area contributed by atoms with Gasteiger partial charge >= 0.3 is 0 Å².